The predicted octanol–water partition coefficient (Wildman–Crippen LogP) is 0.962. The summed E-state index contributed by atoms with van der Waals surface area (Å²) in [6.07, 6.45) is 0. The topological polar surface area (TPSA) is 75.8 Å². The molecule has 1 aromatic carbocycles. The first kappa shape index (κ1) is 11.0. The van der Waals surface area contributed by atoms with Gasteiger partial charge in [-0.3, -0.25) is 9.59 Å². The summed E-state index contributed by atoms with van der Waals surface area (Å²) in [7, 11) is 1.68. The van der Waals surface area contributed by atoms with Crippen LogP contribution in [0.3, 0.4) is 0 Å². The summed E-state index contributed by atoms with van der Waals surface area (Å²) in [6, 6.07) is 7.35. The number of rotatable bonds is 0. The Morgan fingerprint density at radius 1 is 1.28 bits per heavy atom. The lowest BCUT2D eigenvalue weighted by Crippen LogP contribution is -2.21. The van der Waals surface area contributed by atoms with E-state index in [2.05, 4.69) is 4.99 Å². The fourth-order valence-electron chi connectivity index (χ4n) is 2.07. The Balaban J connectivity index is 2.23. The van der Waals surface area contributed by atoms with Gasteiger partial charge in [-0.25, -0.2) is 0 Å². The molecule has 2 amide bonds. The fraction of sp³-hybridized carbons (Fsp3) is 0.0833. The summed E-state index contributed by atoms with van der Waals surface area (Å²) in [4.78, 5) is 29.4. The highest BCUT2D eigenvalue weighted by atomic mass is 32.2. The van der Waals surface area contributed by atoms with Gasteiger partial charge in [0.1, 0.15) is 0 Å². The number of amides is 2. The van der Waals surface area contributed by atoms with Crippen LogP contribution in [0.2, 0.25) is 0 Å². The van der Waals surface area contributed by atoms with Crippen molar-refractivity contribution in [2.24, 2.45) is 10.7 Å². The van der Waals surface area contributed by atoms with Crippen LogP contribution < -0.4 is 10.6 Å². The van der Waals surface area contributed by atoms with Crippen LogP contribution in [0.1, 0.15) is 5.56 Å². The Kier molecular flexibility index (Phi) is 2.27. The molecule has 0 bridgehead atoms. The molecule has 3 rings (SSSR count). The molecule has 0 saturated carbocycles. The van der Waals surface area contributed by atoms with Gasteiger partial charge in [0, 0.05) is 12.6 Å². The van der Waals surface area contributed by atoms with Crippen molar-refractivity contribution in [1.29, 1.82) is 0 Å². The summed E-state index contributed by atoms with van der Waals surface area (Å²) < 4.78 is 0. The number of benzene rings is 1. The van der Waals surface area contributed by atoms with E-state index >= 15 is 0 Å². The Labute approximate surface area is 107 Å². The summed E-state index contributed by atoms with van der Waals surface area (Å²) in [5.74, 6) is -0.636. The maximum atomic E-state index is 12.2. The van der Waals surface area contributed by atoms with E-state index in [9.17, 15) is 9.59 Å². The first-order valence-electron chi connectivity index (χ1n) is 5.27. The lowest BCUT2D eigenvalue weighted by atomic mass is 10.1. The number of aliphatic imine (C=N–C) groups is 1. The average Bonchev–Trinajstić information content (AvgIpc) is 2.79. The molecule has 0 spiro atoms. The second-order valence-electron chi connectivity index (χ2n) is 3.94. The number of fused-ring (bicyclic) bond motifs is 1. The van der Waals surface area contributed by atoms with Crippen LogP contribution >= 0.6 is 11.8 Å². The number of para-hydroxylation sites is 1. The molecule has 0 atom stereocenters. The molecule has 2 heterocycles. The molecule has 0 radical (unpaired) electrons. The highest BCUT2D eigenvalue weighted by Gasteiger charge is 2.36. The Morgan fingerprint density at radius 2 is 2.00 bits per heavy atom. The SMILES string of the molecule is CN1C(=O)/C(=C2/SC(N)=NC2=O)c2ccccc21. The third-order valence-corrected chi connectivity index (χ3v) is 3.78. The lowest BCUT2D eigenvalue weighted by Gasteiger charge is -2.08. The van der Waals surface area contributed by atoms with E-state index in [1.165, 1.54) is 4.90 Å². The minimum absolute atomic E-state index is 0.183. The smallest absolute Gasteiger partial charge is 0.287 e. The molecule has 0 unspecified atom stereocenters. The number of likely N-dealkylation sites (N-methyl/N-ethyl adjacent to an activating group) is 1. The number of anilines is 1. The molecular weight excluding hydrogens is 250 g/mol. The first-order chi connectivity index (χ1) is 8.59. The molecule has 1 aromatic rings. The number of nitrogens with two attached hydrogens (primary N) is 1. The monoisotopic (exact) mass is 259 g/mol. The van der Waals surface area contributed by atoms with Crippen LogP contribution in [0.15, 0.2) is 34.2 Å². The molecule has 0 fully saturated rings. The van der Waals surface area contributed by atoms with Crippen LogP contribution in [0.5, 0.6) is 0 Å². The van der Waals surface area contributed by atoms with E-state index in [0.29, 0.717) is 10.5 Å². The van der Waals surface area contributed by atoms with Gasteiger partial charge < -0.3 is 10.6 Å². The standard InChI is InChI=1S/C12H9N3O2S/c1-15-7-5-3-2-4-6(7)8(11(15)17)9-10(16)14-12(13)18-9/h2-5H,1H3,(H2,13,14,16)/b9-8+. The van der Waals surface area contributed by atoms with Gasteiger partial charge in [-0.05, 0) is 17.8 Å². The van der Waals surface area contributed by atoms with Crippen LogP contribution in [0.25, 0.3) is 5.57 Å². The van der Waals surface area contributed by atoms with Crippen molar-refractivity contribution < 1.29 is 9.59 Å². The largest absolute Gasteiger partial charge is 0.378 e. The Hall–Kier alpha value is -2.08. The van der Waals surface area contributed by atoms with Crippen molar-refractivity contribution in [3.05, 3.63) is 34.7 Å². The maximum Gasteiger partial charge on any atom is 0.287 e. The van der Waals surface area contributed by atoms with E-state index in [0.717, 1.165) is 23.0 Å². The third-order valence-electron chi connectivity index (χ3n) is 2.89. The van der Waals surface area contributed by atoms with Crippen LogP contribution in [0, 0.1) is 0 Å². The molecule has 5 nitrogen and oxygen atoms in total. The van der Waals surface area contributed by atoms with E-state index in [1.54, 1.807) is 7.05 Å². The zero-order valence-corrected chi connectivity index (χ0v) is 10.3. The predicted molar refractivity (Wildman–Crippen MR) is 71.0 cm³/mol. The Morgan fingerprint density at radius 3 is 2.67 bits per heavy atom. The number of hydrogen-bond donors (Lipinski definition) is 1. The molecule has 0 aliphatic carbocycles. The van der Waals surface area contributed by atoms with Gasteiger partial charge in [0.15, 0.2) is 5.17 Å². The second-order valence-corrected chi connectivity index (χ2v) is 4.97. The third kappa shape index (κ3) is 1.39. The molecule has 0 aromatic heterocycles. The van der Waals surface area contributed by atoms with Gasteiger partial charge in [0.25, 0.3) is 11.8 Å². The van der Waals surface area contributed by atoms with Gasteiger partial charge in [0.05, 0.1) is 16.2 Å². The maximum absolute atomic E-state index is 12.2. The number of hydrogen-bond acceptors (Lipinski definition) is 4. The number of nitrogens with zero attached hydrogens (tertiary/aromatic N) is 2. The molecule has 2 N–H and O–H groups in total. The molecule has 6 heteroatoms. The number of amidine groups is 1. The minimum atomic E-state index is -0.439. The van der Waals surface area contributed by atoms with E-state index in [-0.39, 0.29) is 11.1 Å². The van der Waals surface area contributed by atoms with Gasteiger partial charge in [-0.15, -0.1) is 0 Å². The van der Waals surface area contributed by atoms with E-state index in [4.69, 9.17) is 5.73 Å². The van der Waals surface area contributed by atoms with Crippen LogP contribution in [0.4, 0.5) is 5.69 Å². The zero-order chi connectivity index (χ0) is 12.9. The molecule has 0 saturated heterocycles. The molecule has 18 heavy (non-hydrogen) atoms. The quantitative estimate of drug-likeness (QED) is 0.704. The molecule has 2 aliphatic rings. The molecular formula is C12H9N3O2S. The van der Waals surface area contributed by atoms with Gasteiger partial charge in [0.2, 0.25) is 0 Å². The van der Waals surface area contributed by atoms with Gasteiger partial charge >= 0.3 is 0 Å². The molecule has 2 aliphatic heterocycles. The van der Waals surface area contributed by atoms with Crippen molar-refractivity contribution in [3.63, 3.8) is 0 Å². The van der Waals surface area contributed by atoms with Crippen molar-refractivity contribution in [3.8, 4) is 0 Å². The lowest BCUT2D eigenvalue weighted by molar-refractivity contribution is -0.115. The molecule has 90 valence electrons. The van der Waals surface area contributed by atoms with Crippen LogP contribution in [-0.4, -0.2) is 24.0 Å². The highest BCUT2D eigenvalue weighted by molar-refractivity contribution is 8.18. The fourth-order valence-corrected chi connectivity index (χ4v) is 2.84. The zero-order valence-electron chi connectivity index (χ0n) is 9.51. The van der Waals surface area contributed by atoms with E-state index < -0.39 is 5.91 Å². The summed E-state index contributed by atoms with van der Waals surface area (Å²) >= 11 is 1.05. The summed E-state index contributed by atoms with van der Waals surface area (Å²) in [5.41, 5.74) is 7.46. The van der Waals surface area contributed by atoms with Crippen molar-refractivity contribution in [2.45, 2.75) is 0 Å². The van der Waals surface area contributed by atoms with Crippen molar-refractivity contribution in [2.75, 3.05) is 11.9 Å². The Bertz CT molecular complexity index is 648. The normalized spacial score (nSPS) is 22.5. The number of thioether (sulfide) groups is 1. The van der Waals surface area contributed by atoms with Crippen molar-refractivity contribution >= 4 is 40.0 Å². The number of carbonyl (C=O) groups is 2. The second kappa shape index (κ2) is 3.71. The summed E-state index contributed by atoms with van der Waals surface area (Å²) in [5, 5.41) is 0.183. The van der Waals surface area contributed by atoms with E-state index in [1.807, 2.05) is 24.3 Å². The highest BCUT2D eigenvalue weighted by Crippen LogP contribution is 2.41. The minimum Gasteiger partial charge on any atom is -0.378 e. The van der Waals surface area contributed by atoms with Crippen molar-refractivity contribution in [1.82, 2.24) is 0 Å². The average molecular weight is 259 g/mol. The number of carbonyl (C=O) groups excluding carboxylic acids is 2. The summed E-state index contributed by atoms with van der Waals surface area (Å²) in [6.45, 7) is 0. The van der Waals surface area contributed by atoms with Gasteiger partial charge in [-0.2, -0.15) is 4.99 Å². The van der Waals surface area contributed by atoms with Crippen LogP contribution in [-0.2, 0) is 9.59 Å². The van der Waals surface area contributed by atoms with Gasteiger partial charge in [-0.1, -0.05) is 18.2 Å². The first-order valence-corrected chi connectivity index (χ1v) is 6.09.